The number of pyridine rings is 1. The topological polar surface area (TPSA) is 54.0 Å². The van der Waals surface area contributed by atoms with Crippen molar-refractivity contribution in [1.29, 1.82) is 0 Å². The summed E-state index contributed by atoms with van der Waals surface area (Å²) in [6.45, 7) is 0.865. The van der Waals surface area contributed by atoms with Crippen molar-refractivity contribution >= 4 is 39.7 Å². The van der Waals surface area contributed by atoms with E-state index in [1.807, 2.05) is 31.3 Å². The van der Waals surface area contributed by atoms with Crippen LogP contribution in [0.5, 0.6) is 0 Å². The number of halogens is 2. The molecule has 2 N–H and O–H groups in total. The van der Waals surface area contributed by atoms with Crippen molar-refractivity contribution in [3.63, 3.8) is 0 Å². The Morgan fingerprint density at radius 2 is 2.26 bits per heavy atom. The summed E-state index contributed by atoms with van der Waals surface area (Å²) in [5.41, 5.74) is 2.99. The molecule has 0 spiro atoms. The highest BCUT2D eigenvalue weighted by molar-refractivity contribution is 6.64. The zero-order valence-corrected chi connectivity index (χ0v) is 14.4. The normalized spacial score (nSPS) is 21.7. The van der Waals surface area contributed by atoms with Crippen LogP contribution in [0.3, 0.4) is 0 Å². The van der Waals surface area contributed by atoms with Crippen LogP contribution in [0.2, 0.25) is 5.15 Å². The van der Waals surface area contributed by atoms with Crippen LogP contribution in [0.25, 0.3) is 5.57 Å². The van der Waals surface area contributed by atoms with Crippen molar-refractivity contribution in [1.82, 2.24) is 10.3 Å². The largest absolute Gasteiger partial charge is 0.382 e. The number of carbonyl (C=O) groups excluding carboxylic acids is 1. The van der Waals surface area contributed by atoms with E-state index in [1.165, 1.54) is 12.8 Å². The molecule has 122 valence electrons. The third-order valence-electron chi connectivity index (χ3n) is 4.56. The lowest BCUT2D eigenvalue weighted by Gasteiger charge is -2.17. The lowest BCUT2D eigenvalue weighted by atomic mass is 9.94. The van der Waals surface area contributed by atoms with Crippen LogP contribution in [0, 0.1) is 5.92 Å². The van der Waals surface area contributed by atoms with Gasteiger partial charge in [0.15, 0.2) is 0 Å². The highest BCUT2D eigenvalue weighted by Gasteiger charge is 2.40. The van der Waals surface area contributed by atoms with E-state index >= 15 is 0 Å². The number of anilines is 1. The Hall–Kier alpha value is -1.36. The van der Waals surface area contributed by atoms with E-state index in [0.717, 1.165) is 23.4 Å². The molecular formula is C17H19Cl2N3O. The second-order valence-corrected chi connectivity index (χ2v) is 6.84. The van der Waals surface area contributed by atoms with Gasteiger partial charge in [0, 0.05) is 17.6 Å². The summed E-state index contributed by atoms with van der Waals surface area (Å²) < 4.78 is 0. The van der Waals surface area contributed by atoms with Gasteiger partial charge in [-0.1, -0.05) is 29.8 Å². The van der Waals surface area contributed by atoms with Gasteiger partial charge in [-0.3, -0.25) is 4.79 Å². The van der Waals surface area contributed by atoms with E-state index in [2.05, 4.69) is 15.6 Å². The Kier molecular flexibility index (Phi) is 4.76. The van der Waals surface area contributed by atoms with Gasteiger partial charge in [0.2, 0.25) is 5.24 Å². The maximum Gasteiger partial charge on any atom is 0.228 e. The average Bonchev–Trinajstić information content (AvgIpc) is 3.35. The maximum absolute atomic E-state index is 11.2. The fraction of sp³-hybridized carbons (Fsp3) is 0.412. The predicted molar refractivity (Wildman–Crippen MR) is 94.8 cm³/mol. The fourth-order valence-electron chi connectivity index (χ4n) is 2.67. The minimum absolute atomic E-state index is 0.220. The number of hydrogen-bond acceptors (Lipinski definition) is 4. The van der Waals surface area contributed by atoms with Gasteiger partial charge in [0.25, 0.3) is 0 Å². The van der Waals surface area contributed by atoms with Gasteiger partial charge in [-0.05, 0) is 49.6 Å². The molecule has 1 saturated carbocycles. The quantitative estimate of drug-likeness (QED) is 0.607. The van der Waals surface area contributed by atoms with Gasteiger partial charge in [0.05, 0.1) is 17.8 Å². The second-order valence-electron chi connectivity index (χ2n) is 6.11. The van der Waals surface area contributed by atoms with E-state index in [4.69, 9.17) is 23.2 Å². The highest BCUT2D eigenvalue weighted by atomic mass is 35.5. The van der Waals surface area contributed by atoms with Crippen LogP contribution in [0.4, 0.5) is 5.69 Å². The average molecular weight is 352 g/mol. The molecule has 4 nitrogen and oxygen atoms in total. The summed E-state index contributed by atoms with van der Waals surface area (Å²) in [6.07, 6.45) is 10.4. The van der Waals surface area contributed by atoms with Crippen LogP contribution < -0.4 is 10.6 Å². The zero-order chi connectivity index (χ0) is 16.4. The van der Waals surface area contributed by atoms with E-state index in [-0.39, 0.29) is 16.7 Å². The first-order chi connectivity index (χ1) is 11.0. The van der Waals surface area contributed by atoms with Gasteiger partial charge in [-0.2, -0.15) is 0 Å². The standard InChI is InChI=1S/C17H19Cl2N3O/c1-20-17(6-7-17)10-22-13-8-14(15(18)21-9-13)11-2-4-12(5-3-11)16(19)23/h2-4,8-9,12,20,22H,5-7,10H2,1H3. The molecule has 23 heavy (non-hydrogen) atoms. The maximum atomic E-state index is 11.2. The van der Waals surface area contributed by atoms with Crippen molar-refractivity contribution in [2.24, 2.45) is 5.92 Å². The first kappa shape index (κ1) is 16.5. The summed E-state index contributed by atoms with van der Waals surface area (Å²) in [5.74, 6) is -0.251. The van der Waals surface area contributed by atoms with Crippen LogP contribution in [0.15, 0.2) is 30.5 Å². The molecule has 2 aliphatic rings. The molecule has 0 radical (unpaired) electrons. The Bertz CT molecular complexity index is 680. The number of carbonyl (C=O) groups is 1. The van der Waals surface area contributed by atoms with Crippen molar-refractivity contribution in [2.45, 2.75) is 24.8 Å². The van der Waals surface area contributed by atoms with Crippen molar-refractivity contribution < 1.29 is 4.79 Å². The Morgan fingerprint density at radius 3 is 2.83 bits per heavy atom. The van der Waals surface area contributed by atoms with Crippen LogP contribution in [0.1, 0.15) is 24.8 Å². The molecule has 0 saturated heterocycles. The number of allylic oxidation sites excluding steroid dienone is 4. The number of aromatic nitrogens is 1. The monoisotopic (exact) mass is 351 g/mol. The lowest BCUT2D eigenvalue weighted by molar-refractivity contribution is -0.113. The van der Waals surface area contributed by atoms with Gasteiger partial charge in [0.1, 0.15) is 5.15 Å². The predicted octanol–water partition coefficient (Wildman–Crippen LogP) is 3.62. The molecule has 3 rings (SSSR count). The Balaban J connectivity index is 1.74. The summed E-state index contributed by atoms with van der Waals surface area (Å²) in [6, 6.07) is 2.00. The summed E-state index contributed by atoms with van der Waals surface area (Å²) in [7, 11) is 1.99. The van der Waals surface area contributed by atoms with Crippen molar-refractivity contribution in [2.75, 3.05) is 18.9 Å². The minimum Gasteiger partial charge on any atom is -0.382 e. The van der Waals surface area contributed by atoms with Gasteiger partial charge >= 0.3 is 0 Å². The minimum atomic E-state index is -0.335. The smallest absolute Gasteiger partial charge is 0.228 e. The molecule has 1 heterocycles. The lowest BCUT2D eigenvalue weighted by Crippen LogP contribution is -2.34. The molecule has 1 unspecified atom stereocenters. The number of rotatable bonds is 6. The first-order valence-corrected chi connectivity index (χ1v) is 8.45. The number of nitrogens with zero attached hydrogens (tertiary/aromatic N) is 1. The SMILES string of the molecule is CNC1(CNc2cnc(Cl)c(C3=CCC(C(=O)Cl)C=C3)c2)CC1. The molecule has 1 atom stereocenters. The molecule has 2 aliphatic carbocycles. The third kappa shape index (κ3) is 3.77. The number of likely N-dealkylation sites (N-methyl/N-ethyl adjacent to an activating group) is 1. The van der Waals surface area contributed by atoms with Crippen LogP contribution >= 0.6 is 23.2 Å². The van der Waals surface area contributed by atoms with E-state index in [9.17, 15) is 4.79 Å². The second kappa shape index (κ2) is 6.63. The van der Waals surface area contributed by atoms with Crippen LogP contribution in [-0.4, -0.2) is 29.4 Å². The fourth-order valence-corrected chi connectivity index (χ4v) is 3.05. The first-order valence-electron chi connectivity index (χ1n) is 7.69. The molecule has 0 bridgehead atoms. The molecule has 1 aromatic heterocycles. The van der Waals surface area contributed by atoms with Crippen molar-refractivity contribution in [3.8, 4) is 0 Å². The zero-order valence-electron chi connectivity index (χ0n) is 12.9. The van der Waals surface area contributed by atoms with Gasteiger partial charge < -0.3 is 10.6 Å². The number of nitrogens with one attached hydrogen (secondary N) is 2. The highest BCUT2D eigenvalue weighted by Crippen LogP contribution is 2.35. The van der Waals surface area contributed by atoms with E-state index in [1.54, 1.807) is 6.20 Å². The third-order valence-corrected chi connectivity index (χ3v) is 5.14. The van der Waals surface area contributed by atoms with Crippen LogP contribution in [-0.2, 0) is 4.79 Å². The Labute approximate surface area is 146 Å². The summed E-state index contributed by atoms with van der Waals surface area (Å²) >= 11 is 11.8. The van der Waals surface area contributed by atoms with Gasteiger partial charge in [-0.25, -0.2) is 4.98 Å². The summed E-state index contributed by atoms with van der Waals surface area (Å²) in [4.78, 5) is 15.5. The Morgan fingerprint density at radius 1 is 1.48 bits per heavy atom. The number of hydrogen-bond donors (Lipinski definition) is 2. The van der Waals surface area contributed by atoms with E-state index in [0.29, 0.717) is 11.6 Å². The molecule has 1 fully saturated rings. The molecule has 0 aliphatic heterocycles. The summed E-state index contributed by atoms with van der Waals surface area (Å²) in [5, 5.41) is 6.89. The van der Waals surface area contributed by atoms with Crippen molar-refractivity contribution in [3.05, 3.63) is 41.2 Å². The molecule has 0 aromatic carbocycles. The molecule has 6 heteroatoms. The van der Waals surface area contributed by atoms with Gasteiger partial charge in [-0.15, -0.1) is 0 Å². The van der Waals surface area contributed by atoms with E-state index < -0.39 is 0 Å². The molecular weight excluding hydrogens is 333 g/mol. The molecule has 1 aromatic rings. The molecule has 0 amide bonds.